The number of nitrogens with one attached hydrogen (secondary N) is 2. The first-order valence-electron chi connectivity index (χ1n) is 16.5. The fourth-order valence-electron chi connectivity index (χ4n) is 8.48. The van der Waals surface area contributed by atoms with Crippen molar-refractivity contribution in [2.45, 2.75) is 62.7 Å². The van der Waals surface area contributed by atoms with Crippen molar-refractivity contribution in [3.63, 3.8) is 0 Å². The molecular weight excluding hydrogens is 645 g/mol. The molecule has 0 amide bonds. The number of rotatable bonds is 6. The molecule has 48 heavy (non-hydrogen) atoms. The van der Waals surface area contributed by atoms with Crippen LogP contribution in [0.5, 0.6) is 11.8 Å². The van der Waals surface area contributed by atoms with Crippen molar-refractivity contribution < 1.29 is 31.4 Å². The summed E-state index contributed by atoms with van der Waals surface area (Å²) in [4.78, 5) is 13.4. The molecule has 5 heterocycles. The van der Waals surface area contributed by atoms with Crippen LogP contribution < -0.4 is 19.1 Å². The van der Waals surface area contributed by atoms with Gasteiger partial charge in [0.05, 0.1) is 11.1 Å². The predicted molar refractivity (Wildman–Crippen MR) is 176 cm³/mol. The summed E-state index contributed by atoms with van der Waals surface area (Å²) in [6, 6.07) is 9.08. The number of halogens is 3. The molecule has 4 aliphatic heterocycles. The Kier molecular flexibility index (Phi) is 7.51. The van der Waals surface area contributed by atoms with Gasteiger partial charge in [-0.05, 0) is 84.8 Å². The van der Waals surface area contributed by atoms with Gasteiger partial charge in [-0.25, -0.2) is 17.9 Å². The third-order valence-electron chi connectivity index (χ3n) is 10.6. The van der Waals surface area contributed by atoms with Crippen LogP contribution in [0.4, 0.5) is 19.0 Å². The molecule has 8 rings (SSSR count). The second-order valence-electron chi connectivity index (χ2n) is 13.7. The summed E-state index contributed by atoms with van der Waals surface area (Å²) in [5, 5.41) is 12.1. The van der Waals surface area contributed by atoms with E-state index in [1.165, 1.54) is 18.2 Å². The van der Waals surface area contributed by atoms with Crippen molar-refractivity contribution in [3.05, 3.63) is 53.6 Å². The molecule has 4 fully saturated rings. The van der Waals surface area contributed by atoms with Crippen LogP contribution in [0.2, 0.25) is 0 Å². The summed E-state index contributed by atoms with van der Waals surface area (Å²) in [7, 11) is -3.64. The van der Waals surface area contributed by atoms with E-state index in [9.17, 15) is 17.9 Å². The number of phenols is 1. The number of fused-ring (bicyclic) bond motifs is 3. The molecule has 4 aliphatic rings. The second-order valence-corrected chi connectivity index (χ2v) is 15.2. The molecule has 4 aromatic rings. The minimum Gasteiger partial charge on any atom is -0.508 e. The maximum Gasteiger partial charge on any atom is 0.319 e. The number of piperidine rings is 1. The molecule has 1 aromatic heterocycles. The van der Waals surface area contributed by atoms with Gasteiger partial charge in [0.1, 0.15) is 35.7 Å². The van der Waals surface area contributed by atoms with Gasteiger partial charge in [-0.2, -0.15) is 23.1 Å². The van der Waals surface area contributed by atoms with E-state index in [1.54, 1.807) is 18.2 Å². The standard InChI is InChI=1S/C34H37F3N6O4S/c1-2-23-27(36)8-5-20-13-22(44)14-26(28(20)23)24-6-7-25-30(29(24)37)39-32(47-19-34-10-4-12-43(34)16-21(35)15-34)40-31(25)42-11-3-9-33(18-42)17-38-48(45,46)41-33/h5-8,13-14,21,38,41,44H,2-4,9-12,15-19H2,1H3/t21-,33?,34+/m1/s1. The molecule has 1 unspecified atom stereocenters. The summed E-state index contributed by atoms with van der Waals surface area (Å²) < 4.78 is 82.7. The maximum atomic E-state index is 17.0. The smallest absolute Gasteiger partial charge is 0.319 e. The largest absolute Gasteiger partial charge is 0.508 e. The lowest BCUT2D eigenvalue weighted by Crippen LogP contribution is -2.56. The third kappa shape index (κ3) is 5.24. The van der Waals surface area contributed by atoms with Crippen LogP contribution in [-0.4, -0.2) is 85.0 Å². The molecular formula is C34H37F3N6O4S. The zero-order chi connectivity index (χ0) is 33.4. The van der Waals surface area contributed by atoms with Crippen molar-refractivity contribution in [2.24, 2.45) is 0 Å². The Hall–Kier alpha value is -3.72. The maximum absolute atomic E-state index is 17.0. The van der Waals surface area contributed by atoms with Gasteiger partial charge in [0.25, 0.3) is 10.2 Å². The van der Waals surface area contributed by atoms with Gasteiger partial charge in [0, 0.05) is 43.5 Å². The summed E-state index contributed by atoms with van der Waals surface area (Å²) in [6.45, 7) is 4.12. The van der Waals surface area contributed by atoms with Crippen LogP contribution in [0, 0.1) is 11.6 Å². The Morgan fingerprint density at radius 3 is 2.71 bits per heavy atom. The minimum atomic E-state index is -3.64. The zero-order valence-electron chi connectivity index (χ0n) is 26.5. The first-order valence-corrected chi connectivity index (χ1v) is 18.0. The summed E-state index contributed by atoms with van der Waals surface area (Å²) in [6.07, 6.45) is 2.71. The lowest BCUT2D eigenvalue weighted by atomic mass is 9.90. The van der Waals surface area contributed by atoms with E-state index >= 15 is 8.78 Å². The number of phenolic OH excluding ortho intramolecular Hbond substituents is 1. The SMILES string of the molecule is CCc1c(F)ccc2cc(O)cc(-c3ccc4c(N5CCCC6(CNS(=O)(=O)N6)C5)nc(OC[C@@]56CCCN5C[C@H](F)C6)nc4c3F)c12. The Bertz CT molecular complexity index is 2070. The first-order chi connectivity index (χ1) is 23.0. The molecule has 10 nitrogen and oxygen atoms in total. The molecule has 1 spiro atoms. The lowest BCUT2D eigenvalue weighted by Gasteiger charge is -2.40. The molecule has 254 valence electrons. The summed E-state index contributed by atoms with van der Waals surface area (Å²) in [5.41, 5.74) is -0.422. The normalized spacial score (nSPS) is 27.0. The van der Waals surface area contributed by atoms with Crippen molar-refractivity contribution >= 4 is 37.7 Å². The molecule has 0 aliphatic carbocycles. The van der Waals surface area contributed by atoms with E-state index in [-0.39, 0.29) is 42.5 Å². The van der Waals surface area contributed by atoms with E-state index in [0.717, 1.165) is 19.4 Å². The van der Waals surface area contributed by atoms with E-state index < -0.39 is 39.1 Å². The minimum absolute atomic E-state index is 0.0289. The van der Waals surface area contributed by atoms with Crippen molar-refractivity contribution in [3.8, 4) is 22.9 Å². The number of aryl methyl sites for hydroxylation is 1. The fraction of sp³-hybridized carbons (Fsp3) is 0.471. The summed E-state index contributed by atoms with van der Waals surface area (Å²) in [5.74, 6) is -0.813. The molecule has 3 atom stereocenters. The quantitative estimate of drug-likeness (QED) is 0.267. The number of benzene rings is 3. The van der Waals surface area contributed by atoms with E-state index in [4.69, 9.17) is 9.72 Å². The van der Waals surface area contributed by atoms with Crippen LogP contribution in [0.3, 0.4) is 0 Å². The highest BCUT2D eigenvalue weighted by Gasteiger charge is 2.49. The molecule has 0 saturated carbocycles. The van der Waals surface area contributed by atoms with Gasteiger partial charge >= 0.3 is 6.01 Å². The van der Waals surface area contributed by atoms with E-state index in [0.29, 0.717) is 71.9 Å². The number of aromatic nitrogens is 2. The number of nitrogens with zero attached hydrogens (tertiary/aromatic N) is 4. The first kappa shape index (κ1) is 31.5. The Morgan fingerprint density at radius 2 is 1.92 bits per heavy atom. The van der Waals surface area contributed by atoms with Crippen LogP contribution >= 0.6 is 0 Å². The Balaban J connectivity index is 1.27. The molecule has 0 bridgehead atoms. The van der Waals surface area contributed by atoms with E-state index in [2.05, 4.69) is 19.3 Å². The van der Waals surface area contributed by atoms with Crippen LogP contribution in [0.1, 0.15) is 44.6 Å². The number of ether oxygens (including phenoxy) is 1. The molecule has 0 radical (unpaired) electrons. The number of hydrogen-bond acceptors (Lipinski definition) is 8. The summed E-state index contributed by atoms with van der Waals surface area (Å²) >= 11 is 0. The Labute approximate surface area is 276 Å². The van der Waals surface area contributed by atoms with Crippen molar-refractivity contribution in [1.29, 1.82) is 0 Å². The van der Waals surface area contributed by atoms with Crippen molar-refractivity contribution in [2.75, 3.05) is 44.2 Å². The topological polar surface area (TPSA) is 120 Å². The monoisotopic (exact) mass is 682 g/mol. The highest BCUT2D eigenvalue weighted by atomic mass is 32.2. The number of hydrogen-bond donors (Lipinski definition) is 3. The average Bonchev–Trinajstić information content (AvgIpc) is 3.68. The van der Waals surface area contributed by atoms with Crippen LogP contribution in [-0.2, 0) is 16.6 Å². The highest BCUT2D eigenvalue weighted by molar-refractivity contribution is 7.87. The van der Waals surface area contributed by atoms with Gasteiger partial charge in [-0.15, -0.1) is 0 Å². The van der Waals surface area contributed by atoms with Crippen LogP contribution in [0.25, 0.3) is 32.8 Å². The third-order valence-corrected chi connectivity index (χ3v) is 11.8. The van der Waals surface area contributed by atoms with Gasteiger partial charge in [0.2, 0.25) is 0 Å². The lowest BCUT2D eigenvalue weighted by molar-refractivity contribution is 0.107. The number of aromatic hydroxyl groups is 1. The number of alkyl halides is 1. The van der Waals surface area contributed by atoms with Gasteiger partial charge in [0.15, 0.2) is 5.82 Å². The molecule has 4 saturated heterocycles. The molecule has 3 N–H and O–H groups in total. The second kappa shape index (κ2) is 11.4. The average molecular weight is 683 g/mol. The molecule has 3 aromatic carbocycles. The number of anilines is 1. The van der Waals surface area contributed by atoms with Crippen LogP contribution in [0.15, 0.2) is 36.4 Å². The Morgan fingerprint density at radius 1 is 1.08 bits per heavy atom. The fourth-order valence-corrected chi connectivity index (χ4v) is 9.82. The predicted octanol–water partition coefficient (Wildman–Crippen LogP) is 4.73. The van der Waals surface area contributed by atoms with Gasteiger partial charge < -0.3 is 14.7 Å². The highest BCUT2D eigenvalue weighted by Crippen LogP contribution is 2.43. The molecule has 14 heteroatoms. The van der Waals surface area contributed by atoms with E-state index in [1.807, 2.05) is 11.8 Å². The van der Waals surface area contributed by atoms with Gasteiger partial charge in [-0.1, -0.05) is 19.1 Å². The van der Waals surface area contributed by atoms with Gasteiger partial charge in [-0.3, -0.25) is 4.90 Å². The zero-order valence-corrected chi connectivity index (χ0v) is 27.3. The van der Waals surface area contributed by atoms with Crippen molar-refractivity contribution in [1.82, 2.24) is 24.3 Å².